The number of aliphatic carboxylic acids is 1. The molecule has 20 heavy (non-hydrogen) atoms. The van der Waals surface area contributed by atoms with Gasteiger partial charge in [0.05, 0.1) is 6.04 Å². The fourth-order valence-corrected chi connectivity index (χ4v) is 2.22. The van der Waals surface area contributed by atoms with E-state index in [1.165, 1.54) is 6.07 Å². The molecule has 1 aromatic rings. The lowest BCUT2D eigenvalue weighted by Crippen LogP contribution is -2.37. The molecular formula is C14H16FNO4. The van der Waals surface area contributed by atoms with E-state index in [1.807, 2.05) is 0 Å². The van der Waals surface area contributed by atoms with E-state index in [4.69, 9.17) is 9.84 Å². The summed E-state index contributed by atoms with van der Waals surface area (Å²) in [6.07, 6.45) is -1.06. The summed E-state index contributed by atoms with van der Waals surface area (Å²) in [6.45, 7) is 1.67. The second kappa shape index (κ2) is 6.00. The van der Waals surface area contributed by atoms with Crippen molar-refractivity contribution in [3.8, 4) is 0 Å². The minimum Gasteiger partial charge on any atom is -0.479 e. The Balaban J connectivity index is 1.95. The van der Waals surface area contributed by atoms with Crippen molar-refractivity contribution in [3.63, 3.8) is 0 Å². The summed E-state index contributed by atoms with van der Waals surface area (Å²) in [5, 5.41) is 11.4. The number of ether oxygens (including phenoxy) is 1. The lowest BCUT2D eigenvalue weighted by molar-refractivity contribution is -0.151. The molecule has 1 saturated heterocycles. The third-order valence-electron chi connectivity index (χ3n) is 3.32. The van der Waals surface area contributed by atoms with Gasteiger partial charge in [0.15, 0.2) is 6.10 Å². The first-order chi connectivity index (χ1) is 9.49. The standard InChI is InChI=1S/C14H16FNO4/c1-8(9-4-2-3-5-10(9)15)16-13(17)11-6-7-12(20-11)14(18)19/h2-5,8,11-12H,6-7H2,1H3,(H,16,17)(H,18,19). The highest BCUT2D eigenvalue weighted by Gasteiger charge is 2.35. The van der Waals surface area contributed by atoms with Crippen molar-refractivity contribution in [2.45, 2.75) is 38.0 Å². The summed E-state index contributed by atoms with van der Waals surface area (Å²) >= 11 is 0. The van der Waals surface area contributed by atoms with Crippen LogP contribution in [0.2, 0.25) is 0 Å². The third kappa shape index (κ3) is 3.14. The van der Waals surface area contributed by atoms with Gasteiger partial charge >= 0.3 is 5.97 Å². The Bertz CT molecular complexity index is 520. The number of carbonyl (C=O) groups is 2. The van der Waals surface area contributed by atoms with Crippen LogP contribution in [0.15, 0.2) is 24.3 Å². The smallest absolute Gasteiger partial charge is 0.332 e. The molecule has 6 heteroatoms. The molecule has 5 nitrogen and oxygen atoms in total. The molecule has 108 valence electrons. The number of nitrogens with one attached hydrogen (secondary N) is 1. The van der Waals surface area contributed by atoms with Crippen LogP contribution in [0.3, 0.4) is 0 Å². The SMILES string of the molecule is CC(NC(=O)C1CCC(C(=O)O)O1)c1ccccc1F. The van der Waals surface area contributed by atoms with Crippen LogP contribution in [0.4, 0.5) is 4.39 Å². The molecule has 1 heterocycles. The van der Waals surface area contributed by atoms with Gasteiger partial charge in [-0.05, 0) is 25.8 Å². The van der Waals surface area contributed by atoms with Crippen LogP contribution in [0.25, 0.3) is 0 Å². The average molecular weight is 281 g/mol. The fourth-order valence-electron chi connectivity index (χ4n) is 2.22. The van der Waals surface area contributed by atoms with E-state index in [2.05, 4.69) is 5.32 Å². The van der Waals surface area contributed by atoms with Crippen molar-refractivity contribution in [1.29, 1.82) is 0 Å². The van der Waals surface area contributed by atoms with E-state index < -0.39 is 35.9 Å². The molecule has 3 unspecified atom stereocenters. The second-order valence-electron chi connectivity index (χ2n) is 4.78. The predicted octanol–water partition coefficient (Wildman–Crippen LogP) is 1.64. The predicted molar refractivity (Wildman–Crippen MR) is 68.5 cm³/mol. The Labute approximate surface area is 115 Å². The third-order valence-corrected chi connectivity index (χ3v) is 3.32. The monoisotopic (exact) mass is 281 g/mol. The molecule has 0 aromatic heterocycles. The van der Waals surface area contributed by atoms with Crippen LogP contribution in [-0.2, 0) is 14.3 Å². The number of halogens is 1. The van der Waals surface area contributed by atoms with Gasteiger partial charge in [0.1, 0.15) is 11.9 Å². The van der Waals surface area contributed by atoms with Crippen molar-refractivity contribution < 1.29 is 23.8 Å². The summed E-state index contributed by atoms with van der Waals surface area (Å²) in [7, 11) is 0. The fraction of sp³-hybridized carbons (Fsp3) is 0.429. The van der Waals surface area contributed by atoms with Gasteiger partial charge in [0, 0.05) is 5.56 Å². The average Bonchev–Trinajstić information content (AvgIpc) is 2.88. The van der Waals surface area contributed by atoms with Gasteiger partial charge in [-0.1, -0.05) is 18.2 Å². The van der Waals surface area contributed by atoms with Crippen molar-refractivity contribution >= 4 is 11.9 Å². The molecule has 0 spiro atoms. The molecule has 1 aliphatic rings. The first kappa shape index (κ1) is 14.5. The highest BCUT2D eigenvalue weighted by molar-refractivity contribution is 5.83. The van der Waals surface area contributed by atoms with Crippen molar-refractivity contribution in [1.82, 2.24) is 5.32 Å². The van der Waals surface area contributed by atoms with Crippen LogP contribution in [-0.4, -0.2) is 29.2 Å². The molecule has 0 aliphatic carbocycles. The van der Waals surface area contributed by atoms with E-state index in [-0.39, 0.29) is 0 Å². The number of carboxylic acid groups (broad SMARTS) is 1. The Morgan fingerprint density at radius 1 is 1.35 bits per heavy atom. The molecule has 2 N–H and O–H groups in total. The highest BCUT2D eigenvalue weighted by Crippen LogP contribution is 2.22. The zero-order valence-electron chi connectivity index (χ0n) is 11.0. The number of hydrogen-bond acceptors (Lipinski definition) is 3. The minimum atomic E-state index is -1.07. The summed E-state index contributed by atoms with van der Waals surface area (Å²) in [6, 6.07) is 5.68. The molecule has 2 rings (SSSR count). The van der Waals surface area contributed by atoms with Gasteiger partial charge in [-0.3, -0.25) is 4.79 Å². The van der Waals surface area contributed by atoms with Crippen LogP contribution < -0.4 is 5.32 Å². The Kier molecular flexibility index (Phi) is 4.34. The molecule has 1 aromatic carbocycles. The van der Waals surface area contributed by atoms with Gasteiger partial charge < -0.3 is 15.2 Å². The highest BCUT2D eigenvalue weighted by atomic mass is 19.1. The second-order valence-corrected chi connectivity index (χ2v) is 4.78. The van der Waals surface area contributed by atoms with Crippen LogP contribution >= 0.6 is 0 Å². The number of benzene rings is 1. The van der Waals surface area contributed by atoms with E-state index in [1.54, 1.807) is 25.1 Å². The molecule has 1 amide bonds. The van der Waals surface area contributed by atoms with Gasteiger partial charge in [-0.15, -0.1) is 0 Å². The molecule has 0 radical (unpaired) electrons. The van der Waals surface area contributed by atoms with Crippen molar-refractivity contribution in [2.75, 3.05) is 0 Å². The van der Waals surface area contributed by atoms with Crippen molar-refractivity contribution in [3.05, 3.63) is 35.6 Å². The van der Waals surface area contributed by atoms with E-state index >= 15 is 0 Å². The molecule has 1 aliphatic heterocycles. The summed E-state index contributed by atoms with van der Waals surface area (Å²) in [5.41, 5.74) is 0.383. The van der Waals surface area contributed by atoms with Gasteiger partial charge in [-0.2, -0.15) is 0 Å². The maximum Gasteiger partial charge on any atom is 0.332 e. The summed E-state index contributed by atoms with van der Waals surface area (Å²) in [5.74, 6) is -1.87. The molecule has 0 saturated carbocycles. The summed E-state index contributed by atoms with van der Waals surface area (Å²) in [4.78, 5) is 22.7. The molecule has 1 fully saturated rings. The van der Waals surface area contributed by atoms with Gasteiger partial charge in [-0.25, -0.2) is 9.18 Å². The number of hydrogen-bond donors (Lipinski definition) is 2. The number of carboxylic acids is 1. The molecule has 3 atom stereocenters. The maximum absolute atomic E-state index is 13.6. The van der Waals surface area contributed by atoms with Gasteiger partial charge in [0.25, 0.3) is 0 Å². The molecule has 0 bridgehead atoms. The van der Waals surface area contributed by atoms with E-state index in [9.17, 15) is 14.0 Å². The quantitative estimate of drug-likeness (QED) is 0.879. The normalized spacial score (nSPS) is 23.3. The number of carbonyl (C=O) groups excluding carboxylic acids is 1. The van der Waals surface area contributed by atoms with E-state index in [0.717, 1.165) is 0 Å². The van der Waals surface area contributed by atoms with Crippen LogP contribution in [0, 0.1) is 5.82 Å². The van der Waals surface area contributed by atoms with Crippen molar-refractivity contribution in [2.24, 2.45) is 0 Å². The topological polar surface area (TPSA) is 75.6 Å². The first-order valence-electron chi connectivity index (χ1n) is 6.42. The number of rotatable bonds is 4. The Morgan fingerprint density at radius 3 is 2.60 bits per heavy atom. The maximum atomic E-state index is 13.6. The van der Waals surface area contributed by atoms with Crippen LogP contribution in [0.1, 0.15) is 31.4 Å². The minimum absolute atomic E-state index is 0.307. The molecular weight excluding hydrogens is 265 g/mol. The summed E-state index contributed by atoms with van der Waals surface area (Å²) < 4.78 is 18.7. The first-order valence-corrected chi connectivity index (χ1v) is 6.42. The lowest BCUT2D eigenvalue weighted by Gasteiger charge is -2.18. The Morgan fingerprint density at radius 2 is 2.00 bits per heavy atom. The number of amides is 1. The van der Waals surface area contributed by atoms with E-state index in [0.29, 0.717) is 18.4 Å². The zero-order chi connectivity index (χ0) is 14.7. The largest absolute Gasteiger partial charge is 0.479 e. The van der Waals surface area contributed by atoms with Gasteiger partial charge in [0.2, 0.25) is 5.91 Å². The zero-order valence-corrected chi connectivity index (χ0v) is 11.0. The lowest BCUT2D eigenvalue weighted by atomic mass is 10.1. The Hall–Kier alpha value is -1.95. The van der Waals surface area contributed by atoms with Crippen LogP contribution in [0.5, 0.6) is 0 Å².